The Bertz CT molecular complexity index is 678. The molecule has 1 N–H and O–H groups in total. The summed E-state index contributed by atoms with van der Waals surface area (Å²) in [4.78, 5) is 23.6. The van der Waals surface area contributed by atoms with Gasteiger partial charge in [0, 0.05) is 11.8 Å². The summed E-state index contributed by atoms with van der Waals surface area (Å²) in [5.74, 6) is -0.327. The van der Waals surface area contributed by atoms with Crippen molar-refractivity contribution >= 4 is 17.6 Å². The maximum atomic E-state index is 12.0. The highest BCUT2D eigenvalue weighted by Crippen LogP contribution is 2.11. The summed E-state index contributed by atoms with van der Waals surface area (Å²) in [6.45, 7) is 4.79. The number of anilines is 1. The molecule has 23 heavy (non-hydrogen) atoms. The van der Waals surface area contributed by atoms with Crippen molar-refractivity contribution in [3.63, 3.8) is 0 Å². The second-order valence-electron chi connectivity index (χ2n) is 5.05. The molecule has 7 heteroatoms. The number of benzene rings is 1. The van der Waals surface area contributed by atoms with Crippen molar-refractivity contribution in [2.75, 3.05) is 11.9 Å². The number of amides is 1. The molecule has 0 aliphatic rings. The van der Waals surface area contributed by atoms with Gasteiger partial charge in [0.25, 0.3) is 11.8 Å². The van der Waals surface area contributed by atoms with E-state index >= 15 is 0 Å². The molecule has 0 bridgehead atoms. The predicted octanol–water partition coefficient (Wildman–Crippen LogP) is 2.24. The molecular formula is C16H18N2O5. The Kier molecular flexibility index (Phi) is 5.35. The van der Waals surface area contributed by atoms with Crippen molar-refractivity contribution in [3.05, 3.63) is 41.7 Å². The van der Waals surface area contributed by atoms with Gasteiger partial charge in [-0.25, -0.2) is 4.79 Å². The number of esters is 1. The van der Waals surface area contributed by atoms with Gasteiger partial charge in [-0.05, 0) is 38.1 Å². The van der Waals surface area contributed by atoms with E-state index in [0.717, 1.165) is 5.56 Å². The molecule has 0 aliphatic carbocycles. The summed E-state index contributed by atoms with van der Waals surface area (Å²) in [5.41, 5.74) is 1.72. The van der Waals surface area contributed by atoms with Gasteiger partial charge in [-0.1, -0.05) is 17.7 Å². The van der Waals surface area contributed by atoms with Crippen LogP contribution in [0.1, 0.15) is 18.2 Å². The summed E-state index contributed by atoms with van der Waals surface area (Å²) >= 11 is 0. The predicted molar refractivity (Wildman–Crippen MR) is 82.1 cm³/mol. The Morgan fingerprint density at radius 1 is 1.26 bits per heavy atom. The van der Waals surface area contributed by atoms with E-state index in [1.807, 2.05) is 19.1 Å². The van der Waals surface area contributed by atoms with Crippen LogP contribution in [0.5, 0.6) is 5.88 Å². The van der Waals surface area contributed by atoms with Crippen LogP contribution >= 0.6 is 0 Å². The number of aryl methyl sites for hydroxylation is 2. The van der Waals surface area contributed by atoms with Crippen LogP contribution in [0.15, 0.2) is 34.9 Å². The van der Waals surface area contributed by atoms with Crippen LogP contribution in [-0.4, -0.2) is 29.7 Å². The first-order valence-electron chi connectivity index (χ1n) is 7.07. The fourth-order valence-corrected chi connectivity index (χ4v) is 1.71. The highest BCUT2D eigenvalue weighted by atomic mass is 16.6. The molecule has 7 nitrogen and oxygen atoms in total. The summed E-state index contributed by atoms with van der Waals surface area (Å²) < 4.78 is 14.9. The quantitative estimate of drug-likeness (QED) is 0.821. The smallest absolute Gasteiger partial charge is 0.345 e. The van der Waals surface area contributed by atoms with Gasteiger partial charge in [-0.2, -0.15) is 0 Å². The van der Waals surface area contributed by atoms with Crippen LogP contribution in [0.3, 0.4) is 0 Å². The fourth-order valence-electron chi connectivity index (χ4n) is 1.71. The highest BCUT2D eigenvalue weighted by Gasteiger charge is 2.18. The molecule has 0 saturated carbocycles. The fraction of sp³-hybridized carbons (Fsp3) is 0.312. The first-order valence-corrected chi connectivity index (χ1v) is 7.07. The van der Waals surface area contributed by atoms with Gasteiger partial charge in [0.05, 0.1) is 0 Å². The largest absolute Gasteiger partial charge is 0.463 e. The average molecular weight is 318 g/mol. The zero-order chi connectivity index (χ0) is 16.8. The number of ether oxygens (including phenoxy) is 2. The van der Waals surface area contributed by atoms with Crippen molar-refractivity contribution in [3.8, 4) is 5.88 Å². The lowest BCUT2D eigenvalue weighted by Crippen LogP contribution is -2.31. The van der Waals surface area contributed by atoms with Crippen LogP contribution in [-0.2, 0) is 14.3 Å². The molecule has 0 saturated heterocycles. The van der Waals surface area contributed by atoms with Crippen molar-refractivity contribution in [2.45, 2.75) is 26.9 Å². The first-order chi connectivity index (χ1) is 10.9. The summed E-state index contributed by atoms with van der Waals surface area (Å²) in [6.07, 6.45) is -0.938. The van der Waals surface area contributed by atoms with Crippen molar-refractivity contribution in [1.82, 2.24) is 5.16 Å². The monoisotopic (exact) mass is 318 g/mol. The topological polar surface area (TPSA) is 90.7 Å². The van der Waals surface area contributed by atoms with E-state index in [0.29, 0.717) is 11.4 Å². The second-order valence-corrected chi connectivity index (χ2v) is 5.05. The Morgan fingerprint density at radius 2 is 1.96 bits per heavy atom. The molecule has 0 spiro atoms. The number of hydrogen-bond donors (Lipinski definition) is 1. The normalized spacial score (nSPS) is 11.6. The van der Waals surface area contributed by atoms with E-state index in [9.17, 15) is 9.59 Å². The molecule has 0 radical (unpaired) electrons. The van der Waals surface area contributed by atoms with Crippen molar-refractivity contribution in [1.29, 1.82) is 0 Å². The molecular weight excluding hydrogens is 300 g/mol. The van der Waals surface area contributed by atoms with Gasteiger partial charge in [-0.3, -0.25) is 4.79 Å². The van der Waals surface area contributed by atoms with Crippen LogP contribution in [0.4, 0.5) is 5.69 Å². The lowest BCUT2D eigenvalue weighted by Gasteiger charge is -2.13. The van der Waals surface area contributed by atoms with Gasteiger partial charge in [-0.15, -0.1) is 0 Å². The number of nitrogens with zero attached hydrogens (tertiary/aromatic N) is 1. The lowest BCUT2D eigenvalue weighted by molar-refractivity contribution is -0.155. The number of hydrogen-bond acceptors (Lipinski definition) is 6. The third-order valence-electron chi connectivity index (χ3n) is 2.94. The second kappa shape index (κ2) is 7.44. The maximum Gasteiger partial charge on any atom is 0.345 e. The Morgan fingerprint density at radius 3 is 2.57 bits per heavy atom. The third-order valence-corrected chi connectivity index (χ3v) is 2.94. The Labute approximate surface area is 133 Å². The van der Waals surface area contributed by atoms with Gasteiger partial charge >= 0.3 is 5.97 Å². The minimum atomic E-state index is -0.938. The van der Waals surface area contributed by atoms with Crippen LogP contribution in [0.25, 0.3) is 0 Å². The highest BCUT2D eigenvalue weighted by molar-refractivity contribution is 5.95. The summed E-state index contributed by atoms with van der Waals surface area (Å²) in [6, 6.07) is 8.84. The number of nitrogens with one attached hydrogen (secondary N) is 1. The van der Waals surface area contributed by atoms with E-state index in [2.05, 4.69) is 10.5 Å². The zero-order valence-electron chi connectivity index (χ0n) is 13.2. The van der Waals surface area contributed by atoms with E-state index in [1.54, 1.807) is 25.1 Å². The minimum Gasteiger partial charge on any atom is -0.463 e. The standard InChI is InChI=1S/C16H18N2O5/c1-10-4-6-13(7-5-10)17-16(20)12(3)22-15(19)9-21-14-8-11(2)23-18-14/h4-8,12H,9H2,1-3H3,(H,17,20)/t12-/m1/s1. The zero-order valence-corrected chi connectivity index (χ0v) is 13.2. The minimum absolute atomic E-state index is 0.191. The van der Waals surface area contributed by atoms with Crippen LogP contribution in [0, 0.1) is 13.8 Å². The van der Waals surface area contributed by atoms with Crippen LogP contribution in [0.2, 0.25) is 0 Å². The van der Waals surface area contributed by atoms with Crippen molar-refractivity contribution in [2.24, 2.45) is 0 Å². The van der Waals surface area contributed by atoms with E-state index in [4.69, 9.17) is 14.0 Å². The first kappa shape index (κ1) is 16.5. The Balaban J connectivity index is 1.78. The molecule has 2 rings (SSSR count). The molecule has 0 unspecified atom stereocenters. The molecule has 1 aromatic heterocycles. The maximum absolute atomic E-state index is 12.0. The van der Waals surface area contributed by atoms with Gasteiger partial charge < -0.3 is 19.3 Å². The van der Waals surface area contributed by atoms with Crippen LogP contribution < -0.4 is 10.1 Å². The number of aromatic nitrogens is 1. The molecule has 1 atom stereocenters. The summed E-state index contributed by atoms with van der Waals surface area (Å²) in [7, 11) is 0. The van der Waals surface area contributed by atoms with Gasteiger partial charge in [0.2, 0.25) is 0 Å². The molecule has 1 aromatic carbocycles. The van der Waals surface area contributed by atoms with E-state index in [-0.39, 0.29) is 12.5 Å². The molecule has 0 fully saturated rings. The molecule has 2 aromatic rings. The Hall–Kier alpha value is -2.83. The summed E-state index contributed by atoms with van der Waals surface area (Å²) in [5, 5.41) is 6.25. The lowest BCUT2D eigenvalue weighted by atomic mass is 10.2. The van der Waals surface area contributed by atoms with E-state index in [1.165, 1.54) is 6.92 Å². The third kappa shape index (κ3) is 5.14. The van der Waals surface area contributed by atoms with Crippen molar-refractivity contribution < 1.29 is 23.6 Å². The molecule has 122 valence electrons. The number of carbonyl (C=O) groups excluding carboxylic acids is 2. The number of carbonyl (C=O) groups is 2. The SMILES string of the molecule is Cc1ccc(NC(=O)[C@@H](C)OC(=O)COc2cc(C)on2)cc1. The molecule has 0 aliphatic heterocycles. The van der Waals surface area contributed by atoms with Gasteiger partial charge in [0.1, 0.15) is 5.76 Å². The van der Waals surface area contributed by atoms with E-state index < -0.39 is 18.0 Å². The molecule has 1 heterocycles. The molecule has 1 amide bonds. The van der Waals surface area contributed by atoms with Gasteiger partial charge in [0.15, 0.2) is 12.7 Å². The number of rotatable bonds is 6. The average Bonchev–Trinajstić information content (AvgIpc) is 2.93.